The van der Waals surface area contributed by atoms with Gasteiger partial charge < -0.3 is 15.8 Å². The quantitative estimate of drug-likeness (QED) is 0.702. The molecule has 30 heavy (non-hydrogen) atoms. The fourth-order valence-electron chi connectivity index (χ4n) is 3.79. The molecule has 0 spiro atoms. The van der Waals surface area contributed by atoms with Crippen LogP contribution in [0.25, 0.3) is 0 Å². The molecule has 2 fully saturated rings. The molecule has 1 saturated heterocycles. The van der Waals surface area contributed by atoms with Crippen LogP contribution in [0.4, 0.5) is 5.69 Å². The summed E-state index contributed by atoms with van der Waals surface area (Å²) in [6.07, 6.45) is 4.13. The molecule has 1 aliphatic carbocycles. The Bertz CT molecular complexity index is 885. The third-order valence-electron chi connectivity index (χ3n) is 5.88. The number of nitrogens with two attached hydrogens (primary N) is 1. The van der Waals surface area contributed by atoms with Crippen LogP contribution in [0.1, 0.15) is 41.6 Å². The Balaban J connectivity index is 1.30. The summed E-state index contributed by atoms with van der Waals surface area (Å²) in [6.45, 7) is 3.28. The van der Waals surface area contributed by atoms with Gasteiger partial charge in [0.25, 0.3) is 5.91 Å². The highest BCUT2D eigenvalue weighted by Gasteiger charge is 2.23. The lowest BCUT2D eigenvalue weighted by atomic mass is 9.96. The molecule has 3 N–H and O–H groups in total. The van der Waals surface area contributed by atoms with Crippen molar-refractivity contribution in [3.63, 3.8) is 0 Å². The van der Waals surface area contributed by atoms with E-state index in [0.717, 1.165) is 56.1 Å². The zero-order valence-corrected chi connectivity index (χ0v) is 17.2. The summed E-state index contributed by atoms with van der Waals surface area (Å²) >= 11 is 0. The Hall–Kier alpha value is -2.86. The highest BCUT2D eigenvalue weighted by molar-refractivity contribution is 6.04. The van der Waals surface area contributed by atoms with Crippen LogP contribution in [0, 0.1) is 11.8 Å². The monoisotopic (exact) mass is 407 g/mol. The lowest BCUT2D eigenvalue weighted by Gasteiger charge is -2.30. The first kappa shape index (κ1) is 20.4. The van der Waals surface area contributed by atoms with Gasteiger partial charge in [0.2, 0.25) is 5.91 Å². The highest BCUT2D eigenvalue weighted by atomic mass is 16.5. The number of carbonyl (C=O) groups is 2. The lowest BCUT2D eigenvalue weighted by molar-refractivity contribution is -0.123. The van der Waals surface area contributed by atoms with Crippen molar-refractivity contribution in [3.8, 4) is 5.75 Å². The predicted octanol–water partition coefficient (Wildman–Crippen LogP) is 3.43. The third kappa shape index (κ3) is 5.60. The normalized spacial score (nSPS) is 17.5. The maximum atomic E-state index is 12.6. The number of nitrogens with one attached hydrogen (secondary N) is 1. The number of carbonyl (C=O) groups excluding carboxylic acids is 2. The molecule has 4 rings (SSSR count). The molecule has 0 aromatic heterocycles. The number of primary amides is 1. The van der Waals surface area contributed by atoms with Crippen LogP contribution < -0.4 is 15.8 Å². The molecular weight excluding hydrogens is 378 g/mol. The van der Waals surface area contributed by atoms with Crippen molar-refractivity contribution in [2.45, 2.75) is 32.2 Å². The number of hydrogen-bond donors (Lipinski definition) is 2. The summed E-state index contributed by atoms with van der Waals surface area (Å²) in [5.74, 6) is 1.18. The van der Waals surface area contributed by atoms with Crippen molar-refractivity contribution in [2.24, 2.45) is 17.6 Å². The molecule has 6 heteroatoms. The van der Waals surface area contributed by atoms with Crippen molar-refractivity contribution in [1.29, 1.82) is 0 Å². The molecule has 0 atom stereocenters. The zero-order chi connectivity index (χ0) is 20.9. The molecule has 1 aliphatic heterocycles. The lowest BCUT2D eigenvalue weighted by Crippen LogP contribution is -2.38. The van der Waals surface area contributed by atoms with Gasteiger partial charge in [-0.05, 0) is 86.7 Å². The van der Waals surface area contributed by atoms with Crippen LogP contribution in [-0.4, -0.2) is 36.4 Å². The second kappa shape index (κ2) is 9.30. The fourth-order valence-corrected chi connectivity index (χ4v) is 3.79. The molecular formula is C24H29N3O3. The Morgan fingerprint density at radius 1 is 1.03 bits per heavy atom. The van der Waals surface area contributed by atoms with Gasteiger partial charge in [0, 0.05) is 23.7 Å². The molecule has 2 aromatic carbocycles. The van der Waals surface area contributed by atoms with E-state index < -0.39 is 0 Å². The molecule has 6 nitrogen and oxygen atoms in total. The van der Waals surface area contributed by atoms with Gasteiger partial charge in [0.05, 0.1) is 6.61 Å². The summed E-state index contributed by atoms with van der Waals surface area (Å²) in [6, 6.07) is 15.2. The van der Waals surface area contributed by atoms with E-state index in [2.05, 4.69) is 16.3 Å². The molecule has 0 unspecified atom stereocenters. The largest absolute Gasteiger partial charge is 0.493 e. The van der Waals surface area contributed by atoms with Crippen LogP contribution in [0.5, 0.6) is 5.75 Å². The van der Waals surface area contributed by atoms with Crippen molar-refractivity contribution >= 4 is 17.5 Å². The van der Waals surface area contributed by atoms with Gasteiger partial charge in [0.1, 0.15) is 5.75 Å². The number of benzene rings is 2. The average molecular weight is 408 g/mol. The average Bonchev–Trinajstić information content (AvgIpc) is 3.58. The molecule has 2 aliphatic rings. The van der Waals surface area contributed by atoms with E-state index in [0.29, 0.717) is 11.5 Å². The minimum absolute atomic E-state index is 0.00244. The summed E-state index contributed by atoms with van der Waals surface area (Å²) in [7, 11) is 0. The SMILES string of the molecule is NC(=O)C1CCN(Cc2cccc(NC(=O)c3ccc(OCC4CC4)cc3)c2)CC1. The fraction of sp³-hybridized carbons (Fsp3) is 0.417. The zero-order valence-electron chi connectivity index (χ0n) is 17.2. The van der Waals surface area contributed by atoms with E-state index in [4.69, 9.17) is 10.5 Å². The van der Waals surface area contributed by atoms with E-state index >= 15 is 0 Å². The number of piperidine rings is 1. The molecule has 2 amide bonds. The number of likely N-dealkylation sites (tertiary alicyclic amines) is 1. The number of nitrogens with zero attached hydrogens (tertiary/aromatic N) is 1. The summed E-state index contributed by atoms with van der Waals surface area (Å²) in [4.78, 5) is 26.2. The summed E-state index contributed by atoms with van der Waals surface area (Å²) in [5.41, 5.74) is 7.93. The third-order valence-corrected chi connectivity index (χ3v) is 5.88. The first-order chi connectivity index (χ1) is 14.6. The minimum Gasteiger partial charge on any atom is -0.493 e. The highest BCUT2D eigenvalue weighted by Crippen LogP contribution is 2.29. The van der Waals surface area contributed by atoms with Crippen LogP contribution in [-0.2, 0) is 11.3 Å². The summed E-state index contributed by atoms with van der Waals surface area (Å²) < 4.78 is 5.73. The Morgan fingerprint density at radius 3 is 2.43 bits per heavy atom. The maximum absolute atomic E-state index is 12.6. The van der Waals surface area contributed by atoms with Crippen LogP contribution >= 0.6 is 0 Å². The Kier molecular flexibility index (Phi) is 6.33. The smallest absolute Gasteiger partial charge is 0.255 e. The number of hydrogen-bond acceptors (Lipinski definition) is 4. The summed E-state index contributed by atoms with van der Waals surface area (Å²) in [5, 5.41) is 2.98. The number of rotatable bonds is 8. The van der Waals surface area contributed by atoms with Gasteiger partial charge >= 0.3 is 0 Å². The molecule has 158 valence electrons. The van der Waals surface area contributed by atoms with E-state index in [1.807, 2.05) is 30.3 Å². The number of ether oxygens (including phenoxy) is 1. The van der Waals surface area contributed by atoms with Crippen LogP contribution in [0.2, 0.25) is 0 Å². The molecule has 0 radical (unpaired) electrons. The molecule has 2 aromatic rings. The van der Waals surface area contributed by atoms with E-state index in [9.17, 15) is 9.59 Å². The van der Waals surface area contributed by atoms with Crippen molar-refractivity contribution in [1.82, 2.24) is 4.90 Å². The Labute approximate surface area is 177 Å². The van der Waals surface area contributed by atoms with Crippen molar-refractivity contribution < 1.29 is 14.3 Å². The first-order valence-corrected chi connectivity index (χ1v) is 10.7. The first-order valence-electron chi connectivity index (χ1n) is 10.7. The van der Waals surface area contributed by atoms with Gasteiger partial charge in [-0.15, -0.1) is 0 Å². The number of anilines is 1. The van der Waals surface area contributed by atoms with Gasteiger partial charge in [0.15, 0.2) is 0 Å². The van der Waals surface area contributed by atoms with Gasteiger partial charge in [-0.2, -0.15) is 0 Å². The van der Waals surface area contributed by atoms with Crippen LogP contribution in [0.3, 0.4) is 0 Å². The maximum Gasteiger partial charge on any atom is 0.255 e. The number of amides is 2. The Morgan fingerprint density at radius 2 is 1.77 bits per heavy atom. The second-order valence-corrected chi connectivity index (χ2v) is 8.39. The molecule has 1 saturated carbocycles. The van der Waals surface area contributed by atoms with Gasteiger partial charge in [-0.3, -0.25) is 14.5 Å². The van der Waals surface area contributed by atoms with E-state index in [-0.39, 0.29) is 17.7 Å². The van der Waals surface area contributed by atoms with Crippen LogP contribution in [0.15, 0.2) is 48.5 Å². The van der Waals surface area contributed by atoms with Gasteiger partial charge in [-0.25, -0.2) is 0 Å². The van der Waals surface area contributed by atoms with Gasteiger partial charge in [-0.1, -0.05) is 12.1 Å². The molecule has 0 bridgehead atoms. The topological polar surface area (TPSA) is 84.7 Å². The standard InChI is InChI=1S/C24H29N3O3/c25-23(28)19-10-12-27(13-11-19)15-18-2-1-3-21(14-18)26-24(29)20-6-8-22(9-7-20)30-16-17-4-5-17/h1-3,6-9,14,17,19H,4-5,10-13,15-16H2,(H2,25,28)(H,26,29). The van der Waals surface area contributed by atoms with E-state index in [1.54, 1.807) is 12.1 Å². The minimum atomic E-state index is -0.193. The van der Waals surface area contributed by atoms with Crippen molar-refractivity contribution in [2.75, 3.05) is 25.0 Å². The molecule has 1 heterocycles. The predicted molar refractivity (Wildman–Crippen MR) is 116 cm³/mol. The second-order valence-electron chi connectivity index (χ2n) is 8.39. The van der Waals surface area contributed by atoms with Crippen molar-refractivity contribution in [3.05, 3.63) is 59.7 Å². The van der Waals surface area contributed by atoms with E-state index in [1.165, 1.54) is 12.8 Å².